The van der Waals surface area contributed by atoms with Gasteiger partial charge in [0.1, 0.15) is 5.76 Å². The van der Waals surface area contributed by atoms with Crippen LogP contribution in [0.5, 0.6) is 0 Å². The number of hydrogen-bond donors (Lipinski definition) is 3. The molecular formula is C8H13N3O4S. The molecule has 1 aromatic heterocycles. The summed E-state index contributed by atoms with van der Waals surface area (Å²) in [5.41, 5.74) is 4.91. The largest absolute Gasteiger partial charge is 0.447 e. The van der Waals surface area contributed by atoms with E-state index < -0.39 is 15.9 Å². The summed E-state index contributed by atoms with van der Waals surface area (Å²) in [6.07, 6.45) is 0. The second kappa shape index (κ2) is 5.10. The maximum Gasteiger partial charge on any atom is 0.273 e. The molecule has 0 atom stereocenters. The molecule has 0 aromatic carbocycles. The zero-order chi connectivity index (χ0) is 12.2. The minimum absolute atomic E-state index is 0.00874. The van der Waals surface area contributed by atoms with Crippen LogP contribution in [0.15, 0.2) is 21.6 Å². The van der Waals surface area contributed by atoms with Gasteiger partial charge in [-0.25, -0.2) is 13.1 Å². The van der Waals surface area contributed by atoms with E-state index in [4.69, 9.17) is 10.2 Å². The highest BCUT2D eigenvalue weighted by molar-refractivity contribution is 7.89. The third-order valence-corrected chi connectivity index (χ3v) is 3.06. The third kappa shape index (κ3) is 3.33. The van der Waals surface area contributed by atoms with Crippen LogP contribution < -0.4 is 15.8 Å². The zero-order valence-electron chi connectivity index (χ0n) is 8.69. The topological polar surface area (TPSA) is 114 Å². The Morgan fingerprint density at radius 3 is 2.75 bits per heavy atom. The predicted octanol–water partition coefficient (Wildman–Crippen LogP) is -1.24. The van der Waals surface area contributed by atoms with Gasteiger partial charge < -0.3 is 15.5 Å². The summed E-state index contributed by atoms with van der Waals surface area (Å²) in [6, 6.07) is 2.85. The predicted molar refractivity (Wildman–Crippen MR) is 55.9 cm³/mol. The number of rotatable bonds is 6. The van der Waals surface area contributed by atoms with Gasteiger partial charge in [0, 0.05) is 0 Å². The molecule has 0 fully saturated rings. The Labute approximate surface area is 93.0 Å². The molecule has 0 spiro atoms. The minimum Gasteiger partial charge on any atom is -0.447 e. The zero-order valence-corrected chi connectivity index (χ0v) is 9.50. The smallest absolute Gasteiger partial charge is 0.273 e. The summed E-state index contributed by atoms with van der Waals surface area (Å²) in [4.78, 5) is 10.4. The van der Waals surface area contributed by atoms with Gasteiger partial charge in [-0.05, 0) is 19.2 Å². The fourth-order valence-corrected chi connectivity index (χ4v) is 1.67. The summed E-state index contributed by atoms with van der Waals surface area (Å²) in [5.74, 6) is -0.0790. The number of primary amides is 1. The lowest BCUT2D eigenvalue weighted by Crippen LogP contribution is -2.27. The molecule has 1 heterocycles. The van der Waals surface area contributed by atoms with Gasteiger partial charge in [0.15, 0.2) is 0 Å². The van der Waals surface area contributed by atoms with E-state index in [0.717, 1.165) is 0 Å². The Bertz CT molecular complexity index is 465. The lowest BCUT2D eigenvalue weighted by Gasteiger charge is -1.99. The van der Waals surface area contributed by atoms with Crippen LogP contribution in [0.2, 0.25) is 0 Å². The molecule has 0 saturated carbocycles. The van der Waals surface area contributed by atoms with Crippen LogP contribution >= 0.6 is 0 Å². The van der Waals surface area contributed by atoms with Crippen molar-refractivity contribution in [3.63, 3.8) is 0 Å². The number of furan rings is 1. The van der Waals surface area contributed by atoms with Crippen molar-refractivity contribution in [3.8, 4) is 0 Å². The van der Waals surface area contributed by atoms with Crippen molar-refractivity contribution in [2.45, 2.75) is 11.6 Å². The number of amides is 1. The quantitative estimate of drug-likeness (QED) is 0.582. The molecule has 0 aliphatic heterocycles. The Kier molecular flexibility index (Phi) is 4.05. The highest BCUT2D eigenvalue weighted by atomic mass is 32.2. The van der Waals surface area contributed by atoms with Crippen molar-refractivity contribution in [2.75, 3.05) is 13.6 Å². The van der Waals surface area contributed by atoms with Gasteiger partial charge in [-0.2, -0.15) is 0 Å². The number of nitrogens with one attached hydrogen (secondary N) is 2. The van der Waals surface area contributed by atoms with E-state index in [1.165, 1.54) is 19.2 Å². The highest BCUT2D eigenvalue weighted by Gasteiger charge is 2.15. The van der Waals surface area contributed by atoms with E-state index in [1.54, 1.807) is 0 Å². The molecule has 4 N–H and O–H groups in total. The van der Waals surface area contributed by atoms with Gasteiger partial charge in [-0.15, -0.1) is 0 Å². The van der Waals surface area contributed by atoms with E-state index >= 15 is 0 Å². The average Bonchev–Trinajstić information content (AvgIpc) is 2.66. The van der Waals surface area contributed by atoms with E-state index in [1.807, 2.05) is 0 Å². The molecular weight excluding hydrogens is 234 g/mol. The molecule has 90 valence electrons. The Hall–Kier alpha value is -1.38. The average molecular weight is 247 g/mol. The van der Waals surface area contributed by atoms with E-state index in [9.17, 15) is 13.2 Å². The summed E-state index contributed by atoms with van der Waals surface area (Å²) < 4.78 is 29.8. The highest BCUT2D eigenvalue weighted by Crippen LogP contribution is 2.12. The fourth-order valence-electron chi connectivity index (χ4n) is 1.01. The first kappa shape index (κ1) is 12.7. The summed E-state index contributed by atoms with van der Waals surface area (Å²) in [5, 5.41) is 2.54. The van der Waals surface area contributed by atoms with E-state index in [2.05, 4.69) is 10.0 Å². The van der Waals surface area contributed by atoms with Crippen LogP contribution in [-0.2, 0) is 21.4 Å². The van der Waals surface area contributed by atoms with Crippen molar-refractivity contribution in [1.82, 2.24) is 10.0 Å². The van der Waals surface area contributed by atoms with Gasteiger partial charge in [0.05, 0.1) is 13.1 Å². The molecule has 0 bridgehead atoms. The van der Waals surface area contributed by atoms with E-state index in [-0.39, 0.29) is 18.2 Å². The molecule has 1 amide bonds. The SMILES string of the molecule is CNS(=O)(=O)c1ccc(CNCC(N)=O)o1. The Morgan fingerprint density at radius 1 is 1.50 bits per heavy atom. The van der Waals surface area contributed by atoms with Crippen molar-refractivity contribution >= 4 is 15.9 Å². The molecule has 0 aliphatic rings. The molecule has 0 unspecified atom stereocenters. The Balaban J connectivity index is 2.62. The van der Waals surface area contributed by atoms with Crippen LogP contribution in [0.3, 0.4) is 0 Å². The van der Waals surface area contributed by atoms with Crippen LogP contribution in [-0.4, -0.2) is 27.9 Å². The van der Waals surface area contributed by atoms with Gasteiger partial charge >= 0.3 is 0 Å². The third-order valence-electron chi connectivity index (χ3n) is 1.77. The van der Waals surface area contributed by atoms with Crippen LogP contribution in [0.25, 0.3) is 0 Å². The molecule has 0 saturated heterocycles. The van der Waals surface area contributed by atoms with Gasteiger partial charge in [-0.3, -0.25) is 4.79 Å². The number of nitrogens with two attached hydrogens (primary N) is 1. The van der Waals surface area contributed by atoms with Crippen molar-refractivity contribution in [1.29, 1.82) is 0 Å². The molecule has 16 heavy (non-hydrogen) atoms. The number of sulfonamides is 1. The maximum atomic E-state index is 11.3. The number of hydrogen-bond acceptors (Lipinski definition) is 5. The van der Waals surface area contributed by atoms with Crippen molar-refractivity contribution < 1.29 is 17.6 Å². The van der Waals surface area contributed by atoms with Crippen LogP contribution in [0.1, 0.15) is 5.76 Å². The van der Waals surface area contributed by atoms with Gasteiger partial charge in [0.2, 0.25) is 11.0 Å². The van der Waals surface area contributed by atoms with Crippen LogP contribution in [0, 0.1) is 0 Å². The molecule has 7 nitrogen and oxygen atoms in total. The lowest BCUT2D eigenvalue weighted by atomic mass is 10.4. The molecule has 8 heteroatoms. The summed E-state index contributed by atoms with van der Waals surface area (Å²) >= 11 is 0. The standard InChI is InChI=1S/C8H13N3O4S/c1-10-16(13,14)8-3-2-6(15-8)4-11-5-7(9)12/h2-3,10-11H,4-5H2,1H3,(H2,9,12). The molecule has 0 aliphatic carbocycles. The first-order valence-corrected chi connectivity index (χ1v) is 5.95. The van der Waals surface area contributed by atoms with Gasteiger partial charge in [0.25, 0.3) is 10.0 Å². The molecule has 1 rings (SSSR count). The maximum absolute atomic E-state index is 11.3. The van der Waals surface area contributed by atoms with Crippen LogP contribution in [0.4, 0.5) is 0 Å². The van der Waals surface area contributed by atoms with Crippen molar-refractivity contribution in [2.24, 2.45) is 5.73 Å². The molecule has 1 aromatic rings. The fraction of sp³-hybridized carbons (Fsp3) is 0.375. The number of carbonyl (C=O) groups excluding carboxylic acids is 1. The summed E-state index contributed by atoms with van der Waals surface area (Å²) in [7, 11) is -2.26. The van der Waals surface area contributed by atoms with Crippen molar-refractivity contribution in [3.05, 3.63) is 17.9 Å². The minimum atomic E-state index is -3.55. The second-order valence-electron chi connectivity index (χ2n) is 3.00. The molecule has 0 radical (unpaired) electrons. The lowest BCUT2D eigenvalue weighted by molar-refractivity contribution is -0.117. The number of carbonyl (C=O) groups is 1. The first-order chi connectivity index (χ1) is 7.45. The van der Waals surface area contributed by atoms with E-state index in [0.29, 0.717) is 5.76 Å². The first-order valence-electron chi connectivity index (χ1n) is 4.47. The second-order valence-corrected chi connectivity index (χ2v) is 4.82. The van der Waals surface area contributed by atoms with Gasteiger partial charge in [-0.1, -0.05) is 0 Å². The Morgan fingerprint density at radius 2 is 2.19 bits per heavy atom. The monoisotopic (exact) mass is 247 g/mol. The summed E-state index contributed by atoms with van der Waals surface area (Å²) in [6.45, 7) is 0.247. The normalized spacial score (nSPS) is 11.6.